The third-order valence-electron chi connectivity index (χ3n) is 5.94. The standard InChI is InChI=1S/C21H31FN2O/c1-2-23-13-10-19(11-14-23)21(25)24-12-4-6-18(16-24)9-8-17-5-3-7-20(22)15-17/h3,5,7,15,18-19H,2,4,6,8-14,16H2,1H3/t18-/m1/s1. The number of hydrogen-bond donors (Lipinski definition) is 0. The lowest BCUT2D eigenvalue weighted by Crippen LogP contribution is -2.46. The number of amides is 1. The number of likely N-dealkylation sites (tertiary alicyclic amines) is 2. The fourth-order valence-electron chi connectivity index (χ4n) is 4.32. The molecule has 0 unspecified atom stereocenters. The van der Waals surface area contributed by atoms with E-state index in [1.165, 1.54) is 12.5 Å². The van der Waals surface area contributed by atoms with E-state index in [4.69, 9.17) is 0 Å². The highest BCUT2D eigenvalue weighted by molar-refractivity contribution is 5.79. The Bertz CT molecular complexity index is 569. The van der Waals surface area contributed by atoms with Crippen LogP contribution in [-0.2, 0) is 11.2 Å². The summed E-state index contributed by atoms with van der Waals surface area (Å²) in [5, 5.41) is 0. The molecule has 138 valence electrons. The Morgan fingerprint density at radius 1 is 1.20 bits per heavy atom. The molecular formula is C21H31FN2O. The van der Waals surface area contributed by atoms with Crippen LogP contribution in [0.2, 0.25) is 0 Å². The van der Waals surface area contributed by atoms with Crippen LogP contribution in [0.25, 0.3) is 0 Å². The lowest BCUT2D eigenvalue weighted by Gasteiger charge is -2.37. The van der Waals surface area contributed by atoms with Gasteiger partial charge in [0.15, 0.2) is 0 Å². The number of rotatable bonds is 5. The topological polar surface area (TPSA) is 23.6 Å². The van der Waals surface area contributed by atoms with Gasteiger partial charge in [-0.2, -0.15) is 0 Å². The average Bonchev–Trinajstić information content (AvgIpc) is 2.66. The first kappa shape index (κ1) is 18.4. The molecule has 2 saturated heterocycles. The smallest absolute Gasteiger partial charge is 0.225 e. The van der Waals surface area contributed by atoms with E-state index in [-0.39, 0.29) is 11.7 Å². The highest BCUT2D eigenvalue weighted by atomic mass is 19.1. The van der Waals surface area contributed by atoms with Gasteiger partial charge in [0.1, 0.15) is 5.82 Å². The third-order valence-corrected chi connectivity index (χ3v) is 5.94. The monoisotopic (exact) mass is 346 g/mol. The summed E-state index contributed by atoms with van der Waals surface area (Å²) in [5.41, 5.74) is 1.07. The number of halogens is 1. The van der Waals surface area contributed by atoms with Gasteiger partial charge in [-0.3, -0.25) is 4.79 Å². The van der Waals surface area contributed by atoms with Crippen molar-refractivity contribution in [1.29, 1.82) is 0 Å². The van der Waals surface area contributed by atoms with E-state index in [0.29, 0.717) is 11.8 Å². The zero-order valence-corrected chi connectivity index (χ0v) is 15.4. The van der Waals surface area contributed by atoms with E-state index >= 15 is 0 Å². The number of hydrogen-bond acceptors (Lipinski definition) is 2. The molecule has 2 aliphatic heterocycles. The molecule has 0 spiro atoms. The van der Waals surface area contributed by atoms with Crippen molar-refractivity contribution in [3.8, 4) is 0 Å². The molecule has 1 amide bonds. The summed E-state index contributed by atoms with van der Waals surface area (Å²) in [6.07, 6.45) is 6.26. The van der Waals surface area contributed by atoms with Gasteiger partial charge in [0.05, 0.1) is 0 Å². The molecule has 2 fully saturated rings. The van der Waals surface area contributed by atoms with Crippen LogP contribution in [0.1, 0.15) is 44.6 Å². The molecule has 1 atom stereocenters. The maximum Gasteiger partial charge on any atom is 0.225 e. The number of aryl methyl sites for hydroxylation is 1. The van der Waals surface area contributed by atoms with Crippen LogP contribution >= 0.6 is 0 Å². The van der Waals surface area contributed by atoms with Crippen LogP contribution in [0.4, 0.5) is 4.39 Å². The molecule has 0 radical (unpaired) electrons. The summed E-state index contributed by atoms with van der Waals surface area (Å²) in [5.74, 6) is 1.00. The van der Waals surface area contributed by atoms with E-state index in [0.717, 1.165) is 70.4 Å². The number of benzene rings is 1. The molecule has 0 saturated carbocycles. The quantitative estimate of drug-likeness (QED) is 0.811. The molecule has 0 aromatic heterocycles. The van der Waals surface area contributed by atoms with Gasteiger partial charge in [0.25, 0.3) is 0 Å². The van der Waals surface area contributed by atoms with Crippen LogP contribution in [0, 0.1) is 17.7 Å². The maximum atomic E-state index is 13.3. The van der Waals surface area contributed by atoms with E-state index in [2.05, 4.69) is 16.7 Å². The third kappa shape index (κ3) is 5.04. The summed E-state index contributed by atoms with van der Waals surface area (Å²) >= 11 is 0. The molecule has 1 aromatic rings. The minimum atomic E-state index is -0.156. The predicted octanol–water partition coefficient (Wildman–Crippen LogP) is 3.73. The first-order chi connectivity index (χ1) is 12.2. The molecule has 0 N–H and O–H groups in total. The van der Waals surface area contributed by atoms with Crippen molar-refractivity contribution in [3.05, 3.63) is 35.6 Å². The van der Waals surface area contributed by atoms with Crippen LogP contribution in [0.3, 0.4) is 0 Å². The molecule has 3 rings (SSSR count). The van der Waals surface area contributed by atoms with E-state index in [9.17, 15) is 9.18 Å². The Morgan fingerprint density at radius 3 is 2.72 bits per heavy atom. The summed E-state index contributed by atoms with van der Waals surface area (Å²) in [7, 11) is 0. The summed E-state index contributed by atoms with van der Waals surface area (Å²) in [4.78, 5) is 17.4. The Morgan fingerprint density at radius 2 is 2.00 bits per heavy atom. The second-order valence-corrected chi connectivity index (χ2v) is 7.67. The van der Waals surface area contributed by atoms with Gasteiger partial charge >= 0.3 is 0 Å². The van der Waals surface area contributed by atoms with Gasteiger partial charge < -0.3 is 9.80 Å². The van der Waals surface area contributed by atoms with Crippen LogP contribution in [-0.4, -0.2) is 48.4 Å². The highest BCUT2D eigenvalue weighted by Gasteiger charge is 2.30. The molecule has 2 heterocycles. The predicted molar refractivity (Wildman–Crippen MR) is 98.9 cm³/mol. The minimum absolute atomic E-state index is 0.156. The first-order valence-electron chi connectivity index (χ1n) is 9.91. The van der Waals surface area contributed by atoms with Gasteiger partial charge in [0.2, 0.25) is 5.91 Å². The fraction of sp³-hybridized carbons (Fsp3) is 0.667. The van der Waals surface area contributed by atoms with Gasteiger partial charge in [-0.25, -0.2) is 4.39 Å². The molecule has 2 aliphatic rings. The minimum Gasteiger partial charge on any atom is -0.342 e. The van der Waals surface area contributed by atoms with E-state index in [1.54, 1.807) is 12.1 Å². The van der Waals surface area contributed by atoms with E-state index < -0.39 is 0 Å². The van der Waals surface area contributed by atoms with Crippen molar-refractivity contribution < 1.29 is 9.18 Å². The zero-order valence-electron chi connectivity index (χ0n) is 15.4. The molecule has 0 aliphatic carbocycles. The highest BCUT2D eigenvalue weighted by Crippen LogP contribution is 2.26. The molecule has 25 heavy (non-hydrogen) atoms. The van der Waals surface area contributed by atoms with Crippen LogP contribution < -0.4 is 0 Å². The Balaban J connectivity index is 1.48. The number of piperidine rings is 2. The van der Waals surface area contributed by atoms with Crippen molar-refractivity contribution in [2.45, 2.75) is 45.4 Å². The van der Waals surface area contributed by atoms with Crippen molar-refractivity contribution in [2.75, 3.05) is 32.7 Å². The number of carbonyl (C=O) groups is 1. The van der Waals surface area contributed by atoms with Gasteiger partial charge in [-0.1, -0.05) is 19.1 Å². The zero-order chi connectivity index (χ0) is 17.6. The second-order valence-electron chi connectivity index (χ2n) is 7.67. The number of nitrogens with zero attached hydrogens (tertiary/aromatic N) is 2. The number of carbonyl (C=O) groups excluding carboxylic acids is 1. The van der Waals surface area contributed by atoms with Gasteiger partial charge in [-0.15, -0.1) is 0 Å². The Labute approximate surface area is 151 Å². The van der Waals surface area contributed by atoms with Crippen LogP contribution in [0.15, 0.2) is 24.3 Å². The van der Waals surface area contributed by atoms with E-state index in [1.807, 2.05) is 6.07 Å². The summed E-state index contributed by atoms with van der Waals surface area (Å²) in [6.45, 7) is 7.21. The van der Waals surface area contributed by atoms with Gasteiger partial charge in [-0.05, 0) is 81.8 Å². The SMILES string of the molecule is CCN1CCC(C(=O)N2CCC[C@H](CCc3cccc(F)c3)C2)CC1. The molecule has 3 nitrogen and oxygen atoms in total. The molecule has 0 bridgehead atoms. The largest absolute Gasteiger partial charge is 0.342 e. The van der Waals surface area contributed by atoms with Crippen molar-refractivity contribution >= 4 is 5.91 Å². The van der Waals surface area contributed by atoms with Crippen LogP contribution in [0.5, 0.6) is 0 Å². The Hall–Kier alpha value is -1.42. The molecule has 4 heteroatoms. The Kier molecular flexibility index (Phi) is 6.46. The maximum absolute atomic E-state index is 13.3. The van der Waals surface area contributed by atoms with Crippen molar-refractivity contribution in [1.82, 2.24) is 9.80 Å². The van der Waals surface area contributed by atoms with Crippen molar-refractivity contribution in [3.63, 3.8) is 0 Å². The summed E-state index contributed by atoms with van der Waals surface area (Å²) < 4.78 is 13.3. The fourth-order valence-corrected chi connectivity index (χ4v) is 4.32. The average molecular weight is 346 g/mol. The lowest BCUT2D eigenvalue weighted by molar-refractivity contribution is -0.139. The molecule has 1 aromatic carbocycles. The van der Waals surface area contributed by atoms with Gasteiger partial charge in [0, 0.05) is 19.0 Å². The second kappa shape index (κ2) is 8.79. The lowest BCUT2D eigenvalue weighted by atomic mass is 9.89. The summed E-state index contributed by atoms with van der Waals surface area (Å²) in [6, 6.07) is 6.90. The van der Waals surface area contributed by atoms with Crippen molar-refractivity contribution in [2.24, 2.45) is 11.8 Å². The first-order valence-corrected chi connectivity index (χ1v) is 9.91. The normalized spacial score (nSPS) is 23.0. The molecular weight excluding hydrogens is 315 g/mol.